The Bertz CT molecular complexity index is 328. The van der Waals surface area contributed by atoms with Crippen LogP contribution in [0, 0.1) is 0 Å². The number of carboxylic acids is 2. The summed E-state index contributed by atoms with van der Waals surface area (Å²) in [7, 11) is 0. The second-order valence-electron chi connectivity index (χ2n) is 3.43. The minimum atomic E-state index is -0.833. The number of hydrogen-bond donors (Lipinski definition) is 2. The molecule has 4 nitrogen and oxygen atoms in total. The van der Waals surface area contributed by atoms with Crippen LogP contribution in [0.4, 0.5) is 0 Å². The Morgan fingerprint density at radius 1 is 1.19 bits per heavy atom. The summed E-state index contributed by atoms with van der Waals surface area (Å²) < 4.78 is 0. The normalized spacial score (nSPS) is 10.9. The molecule has 88 valence electrons. The van der Waals surface area contributed by atoms with Gasteiger partial charge in [-0.05, 0) is 11.5 Å². The summed E-state index contributed by atoms with van der Waals surface area (Å²) >= 11 is 0. The van der Waals surface area contributed by atoms with Gasteiger partial charge >= 0.3 is 5.97 Å². The highest BCUT2D eigenvalue weighted by Gasteiger charge is 2.08. The Kier molecular flexibility index (Phi) is 6.59. The van der Waals surface area contributed by atoms with Crippen LogP contribution < -0.4 is 0 Å². The summed E-state index contributed by atoms with van der Waals surface area (Å²) in [6, 6.07) is 9.68. The molecule has 0 aromatic heterocycles. The van der Waals surface area contributed by atoms with E-state index < -0.39 is 11.9 Å². The van der Waals surface area contributed by atoms with Gasteiger partial charge < -0.3 is 10.2 Å². The van der Waals surface area contributed by atoms with Crippen LogP contribution in [0.2, 0.25) is 0 Å². The lowest BCUT2D eigenvalue weighted by atomic mass is 9.98. The van der Waals surface area contributed by atoms with Gasteiger partial charge in [-0.3, -0.25) is 9.59 Å². The summed E-state index contributed by atoms with van der Waals surface area (Å²) in [5, 5.41) is 16.0. The van der Waals surface area contributed by atoms with Crippen LogP contribution in [0.15, 0.2) is 30.3 Å². The molecule has 0 aliphatic heterocycles. The minimum absolute atomic E-state index is 0.101. The molecule has 0 aliphatic rings. The van der Waals surface area contributed by atoms with Crippen molar-refractivity contribution in [2.24, 2.45) is 0 Å². The molecule has 0 fully saturated rings. The average Bonchev–Trinajstić information content (AvgIpc) is 2.17. The molecule has 0 aliphatic carbocycles. The van der Waals surface area contributed by atoms with Crippen molar-refractivity contribution in [2.45, 2.75) is 26.2 Å². The topological polar surface area (TPSA) is 74.6 Å². The lowest BCUT2D eigenvalue weighted by Gasteiger charge is -2.07. The molecule has 0 heterocycles. The molecular formula is C12H16O4. The molecule has 1 aromatic rings. The third-order valence-corrected chi connectivity index (χ3v) is 1.85. The maximum Gasteiger partial charge on any atom is 0.303 e. The zero-order valence-corrected chi connectivity index (χ0v) is 9.38. The predicted octanol–water partition coefficient (Wildman–Crippen LogP) is 2.36. The monoisotopic (exact) mass is 224 g/mol. The summed E-state index contributed by atoms with van der Waals surface area (Å²) in [6.45, 7) is 3.00. The largest absolute Gasteiger partial charge is 0.481 e. The van der Waals surface area contributed by atoms with Gasteiger partial charge in [0, 0.05) is 6.92 Å². The van der Waals surface area contributed by atoms with E-state index >= 15 is 0 Å². The van der Waals surface area contributed by atoms with Crippen LogP contribution in [0.3, 0.4) is 0 Å². The van der Waals surface area contributed by atoms with Gasteiger partial charge in [0.15, 0.2) is 0 Å². The molecule has 0 saturated heterocycles. The molecule has 4 heteroatoms. The van der Waals surface area contributed by atoms with E-state index in [1.807, 2.05) is 37.3 Å². The van der Waals surface area contributed by atoms with Crippen molar-refractivity contribution in [3.05, 3.63) is 35.9 Å². The molecule has 0 saturated carbocycles. The fourth-order valence-electron chi connectivity index (χ4n) is 1.16. The van der Waals surface area contributed by atoms with Crippen molar-refractivity contribution in [3.63, 3.8) is 0 Å². The number of carbonyl (C=O) groups is 2. The molecule has 0 spiro atoms. The fourth-order valence-corrected chi connectivity index (χ4v) is 1.16. The Morgan fingerprint density at radius 2 is 1.62 bits per heavy atom. The van der Waals surface area contributed by atoms with Crippen molar-refractivity contribution >= 4 is 11.9 Å². The van der Waals surface area contributed by atoms with Gasteiger partial charge in [-0.2, -0.15) is 0 Å². The van der Waals surface area contributed by atoms with Gasteiger partial charge in [0.1, 0.15) is 0 Å². The van der Waals surface area contributed by atoms with Crippen LogP contribution in [0.5, 0.6) is 0 Å². The van der Waals surface area contributed by atoms with Gasteiger partial charge in [-0.1, -0.05) is 37.3 Å². The second kappa shape index (κ2) is 7.45. The molecule has 0 amide bonds. The van der Waals surface area contributed by atoms with Gasteiger partial charge in [-0.25, -0.2) is 0 Å². The van der Waals surface area contributed by atoms with E-state index in [-0.39, 0.29) is 12.3 Å². The van der Waals surface area contributed by atoms with Crippen molar-refractivity contribution in [1.29, 1.82) is 0 Å². The van der Waals surface area contributed by atoms with Crippen LogP contribution in [0.1, 0.15) is 31.7 Å². The summed E-state index contributed by atoms with van der Waals surface area (Å²) in [4.78, 5) is 19.4. The Morgan fingerprint density at radius 3 is 2.00 bits per heavy atom. The third-order valence-electron chi connectivity index (χ3n) is 1.85. The highest BCUT2D eigenvalue weighted by molar-refractivity contribution is 5.67. The standard InChI is InChI=1S/C10H12O2.C2H4O2/c1-8(7-10(11)12)9-5-3-2-4-6-9;1-2(3)4/h2-6,8H,7H2,1H3,(H,11,12);1H3,(H,3,4). The van der Waals surface area contributed by atoms with Gasteiger partial charge in [-0.15, -0.1) is 0 Å². The lowest BCUT2D eigenvalue weighted by Crippen LogP contribution is -2.02. The van der Waals surface area contributed by atoms with Crippen LogP contribution in [-0.2, 0) is 9.59 Å². The number of aliphatic carboxylic acids is 2. The highest BCUT2D eigenvalue weighted by atomic mass is 16.4. The van der Waals surface area contributed by atoms with Crippen LogP contribution >= 0.6 is 0 Å². The number of benzene rings is 1. The molecule has 16 heavy (non-hydrogen) atoms. The summed E-state index contributed by atoms with van der Waals surface area (Å²) in [5.41, 5.74) is 1.08. The Hall–Kier alpha value is -1.84. The first-order chi connectivity index (χ1) is 7.43. The first kappa shape index (κ1) is 14.2. The molecule has 1 aromatic carbocycles. The smallest absolute Gasteiger partial charge is 0.303 e. The first-order valence-electron chi connectivity index (χ1n) is 4.89. The Labute approximate surface area is 94.5 Å². The highest BCUT2D eigenvalue weighted by Crippen LogP contribution is 2.17. The lowest BCUT2D eigenvalue weighted by molar-refractivity contribution is -0.137. The molecular weight excluding hydrogens is 208 g/mol. The van der Waals surface area contributed by atoms with E-state index in [4.69, 9.17) is 15.0 Å². The van der Waals surface area contributed by atoms with Crippen molar-refractivity contribution in [2.75, 3.05) is 0 Å². The molecule has 1 atom stereocenters. The van der Waals surface area contributed by atoms with Crippen molar-refractivity contribution in [1.82, 2.24) is 0 Å². The van der Waals surface area contributed by atoms with E-state index in [0.717, 1.165) is 12.5 Å². The zero-order chi connectivity index (χ0) is 12.6. The van der Waals surface area contributed by atoms with E-state index in [9.17, 15) is 4.79 Å². The predicted molar refractivity (Wildman–Crippen MR) is 60.4 cm³/mol. The molecule has 1 unspecified atom stereocenters. The fraction of sp³-hybridized carbons (Fsp3) is 0.333. The second-order valence-corrected chi connectivity index (χ2v) is 3.43. The average molecular weight is 224 g/mol. The van der Waals surface area contributed by atoms with E-state index in [0.29, 0.717) is 0 Å². The maximum atomic E-state index is 10.4. The SMILES string of the molecule is CC(=O)O.CC(CC(=O)O)c1ccccc1. The number of hydrogen-bond acceptors (Lipinski definition) is 2. The Balaban J connectivity index is 0.000000487. The van der Waals surface area contributed by atoms with Crippen molar-refractivity contribution in [3.8, 4) is 0 Å². The van der Waals surface area contributed by atoms with E-state index in [1.54, 1.807) is 0 Å². The van der Waals surface area contributed by atoms with Crippen molar-refractivity contribution < 1.29 is 19.8 Å². The van der Waals surface area contributed by atoms with Gasteiger partial charge in [0.2, 0.25) is 0 Å². The third kappa shape index (κ3) is 7.55. The number of carboxylic acid groups (broad SMARTS) is 2. The molecule has 0 bridgehead atoms. The van der Waals surface area contributed by atoms with Crippen LogP contribution in [-0.4, -0.2) is 22.2 Å². The molecule has 0 radical (unpaired) electrons. The quantitative estimate of drug-likeness (QED) is 0.826. The summed E-state index contributed by atoms with van der Waals surface area (Å²) in [5.74, 6) is -1.48. The molecule has 1 rings (SSSR count). The van der Waals surface area contributed by atoms with Gasteiger partial charge in [0.25, 0.3) is 5.97 Å². The van der Waals surface area contributed by atoms with Gasteiger partial charge in [0.05, 0.1) is 6.42 Å². The van der Waals surface area contributed by atoms with Crippen LogP contribution in [0.25, 0.3) is 0 Å². The van der Waals surface area contributed by atoms with E-state index in [1.165, 1.54) is 0 Å². The maximum absolute atomic E-state index is 10.4. The number of rotatable bonds is 3. The first-order valence-corrected chi connectivity index (χ1v) is 4.89. The van der Waals surface area contributed by atoms with E-state index in [2.05, 4.69) is 0 Å². The molecule has 2 N–H and O–H groups in total. The summed E-state index contributed by atoms with van der Waals surface area (Å²) in [6.07, 6.45) is 0.198. The zero-order valence-electron chi connectivity index (χ0n) is 9.38. The minimum Gasteiger partial charge on any atom is -0.481 e.